The molecule has 148 valence electrons. The summed E-state index contributed by atoms with van der Waals surface area (Å²) in [5.74, 6) is 1.57. The molecule has 0 radical (unpaired) electrons. The summed E-state index contributed by atoms with van der Waals surface area (Å²) in [5, 5.41) is 2.65. The third kappa shape index (κ3) is 4.57. The molecule has 4 nitrogen and oxygen atoms in total. The number of hydrogen-bond acceptors (Lipinski definition) is 3. The Morgan fingerprint density at radius 3 is 2.70 bits per heavy atom. The van der Waals surface area contributed by atoms with Gasteiger partial charge in [0.05, 0.1) is 17.9 Å². The van der Waals surface area contributed by atoms with Crippen molar-refractivity contribution in [2.24, 2.45) is 17.8 Å². The second kappa shape index (κ2) is 7.34. The highest BCUT2D eigenvalue weighted by molar-refractivity contribution is 5.92. The number of nitrogens with one attached hydrogen (secondary N) is 1. The smallest absolute Gasteiger partial charge is 0.416 e. The minimum absolute atomic E-state index is 0.111. The Morgan fingerprint density at radius 2 is 1.96 bits per heavy atom. The minimum atomic E-state index is -4.45. The molecule has 1 saturated carbocycles. The van der Waals surface area contributed by atoms with Crippen molar-refractivity contribution in [2.45, 2.75) is 38.3 Å². The zero-order chi connectivity index (χ0) is 19.0. The van der Waals surface area contributed by atoms with E-state index in [1.54, 1.807) is 0 Å². The van der Waals surface area contributed by atoms with Gasteiger partial charge in [0.15, 0.2) is 0 Å². The number of halogens is 3. The number of fused-ring (bicyclic) bond motifs is 2. The number of hydrogen-bond donors (Lipinski definition) is 1. The fourth-order valence-corrected chi connectivity index (χ4v) is 4.27. The summed E-state index contributed by atoms with van der Waals surface area (Å²) in [4.78, 5) is 15.0. The molecule has 0 unspecified atom stereocenters. The predicted molar refractivity (Wildman–Crippen MR) is 95.6 cm³/mol. The predicted octanol–water partition coefficient (Wildman–Crippen LogP) is 4.16. The molecule has 4 rings (SSSR count). The molecule has 1 aromatic carbocycles. The molecule has 0 spiro atoms. The average Bonchev–Trinajstić information content (AvgIpc) is 3.41. The fourth-order valence-electron chi connectivity index (χ4n) is 4.27. The van der Waals surface area contributed by atoms with Crippen molar-refractivity contribution < 1.29 is 22.7 Å². The lowest BCUT2D eigenvalue weighted by Crippen LogP contribution is -2.43. The van der Waals surface area contributed by atoms with Gasteiger partial charge in [-0.25, -0.2) is 0 Å². The van der Waals surface area contributed by atoms with Crippen LogP contribution in [-0.4, -0.2) is 37.0 Å². The lowest BCUT2D eigenvalue weighted by atomic mass is 9.81. The molecule has 2 fully saturated rings. The van der Waals surface area contributed by atoms with Crippen LogP contribution in [0.1, 0.15) is 37.7 Å². The molecule has 27 heavy (non-hydrogen) atoms. The second-order valence-corrected chi connectivity index (χ2v) is 8.11. The van der Waals surface area contributed by atoms with Crippen LogP contribution in [0, 0.1) is 17.8 Å². The van der Waals surface area contributed by atoms with Crippen LogP contribution in [-0.2, 0) is 11.0 Å². The topological polar surface area (TPSA) is 41.6 Å². The van der Waals surface area contributed by atoms with Crippen LogP contribution < -0.4 is 10.1 Å². The number of carbonyl (C=O) groups excluding carboxylic acids is 1. The van der Waals surface area contributed by atoms with Gasteiger partial charge in [-0.15, -0.1) is 0 Å². The van der Waals surface area contributed by atoms with E-state index in [2.05, 4.69) is 10.2 Å². The Bertz CT molecular complexity index is 703. The summed E-state index contributed by atoms with van der Waals surface area (Å²) in [7, 11) is 0. The first kappa shape index (κ1) is 18.6. The number of piperidine rings is 1. The summed E-state index contributed by atoms with van der Waals surface area (Å²) >= 11 is 0. The van der Waals surface area contributed by atoms with Crippen molar-refractivity contribution in [1.29, 1.82) is 0 Å². The highest BCUT2D eigenvalue weighted by atomic mass is 19.4. The molecular weight excluding hydrogens is 357 g/mol. The van der Waals surface area contributed by atoms with Gasteiger partial charge >= 0.3 is 6.18 Å². The van der Waals surface area contributed by atoms with E-state index in [-0.39, 0.29) is 17.5 Å². The summed E-state index contributed by atoms with van der Waals surface area (Å²) in [6.45, 7) is 3.59. The van der Waals surface area contributed by atoms with Gasteiger partial charge in [0.1, 0.15) is 5.75 Å². The second-order valence-electron chi connectivity index (χ2n) is 8.11. The van der Waals surface area contributed by atoms with E-state index in [1.807, 2.05) is 0 Å². The van der Waals surface area contributed by atoms with E-state index in [1.165, 1.54) is 18.9 Å². The fraction of sp³-hybridized carbons (Fsp3) is 0.650. The Labute approximate surface area is 157 Å². The first-order valence-electron chi connectivity index (χ1n) is 9.75. The highest BCUT2D eigenvalue weighted by Gasteiger charge is 2.35. The number of amides is 1. The quantitative estimate of drug-likeness (QED) is 0.835. The van der Waals surface area contributed by atoms with Crippen LogP contribution in [0.2, 0.25) is 0 Å². The normalized spacial score (nSPS) is 27.1. The van der Waals surface area contributed by atoms with Crippen LogP contribution in [0.5, 0.6) is 5.75 Å². The maximum absolute atomic E-state index is 13.0. The van der Waals surface area contributed by atoms with Crippen molar-refractivity contribution in [3.63, 3.8) is 0 Å². The Morgan fingerprint density at radius 1 is 1.15 bits per heavy atom. The molecule has 7 heteroatoms. The van der Waals surface area contributed by atoms with Crippen LogP contribution in [0.3, 0.4) is 0 Å². The van der Waals surface area contributed by atoms with Crippen molar-refractivity contribution in [3.05, 3.63) is 23.8 Å². The monoisotopic (exact) mass is 382 g/mol. The number of rotatable bonds is 2. The van der Waals surface area contributed by atoms with E-state index >= 15 is 0 Å². The number of nitrogens with zero attached hydrogens (tertiary/aromatic N) is 1. The third-order valence-corrected chi connectivity index (χ3v) is 5.96. The molecule has 2 atom stereocenters. The maximum atomic E-state index is 13.0. The minimum Gasteiger partial charge on any atom is -0.491 e. The van der Waals surface area contributed by atoms with Gasteiger partial charge in [-0.1, -0.05) is 0 Å². The summed E-state index contributed by atoms with van der Waals surface area (Å²) in [6, 6.07) is 3.26. The summed E-state index contributed by atoms with van der Waals surface area (Å²) in [5.41, 5.74) is -0.673. The molecule has 0 bridgehead atoms. The largest absolute Gasteiger partial charge is 0.491 e. The van der Waals surface area contributed by atoms with Crippen molar-refractivity contribution in [3.8, 4) is 5.75 Å². The van der Waals surface area contributed by atoms with Crippen LogP contribution in [0.25, 0.3) is 0 Å². The Balaban J connectivity index is 1.48. The molecule has 3 aliphatic rings. The van der Waals surface area contributed by atoms with E-state index < -0.39 is 11.7 Å². The standard InChI is InChI=1S/C20H25F3N2O2/c21-20(22,23)16-3-4-18-17(10-16)24-19(26)9-14-5-7-25(11-13-1-2-13)12-15(14)6-8-27-18/h3-4,10,13-15H,1-2,5-9,11-12H2,(H,24,26)/t14-,15-/m0/s1. The van der Waals surface area contributed by atoms with Crippen LogP contribution in [0.4, 0.5) is 18.9 Å². The zero-order valence-electron chi connectivity index (χ0n) is 15.2. The van der Waals surface area contributed by atoms with Gasteiger partial charge in [-0.05, 0) is 68.2 Å². The zero-order valence-corrected chi connectivity index (χ0v) is 15.2. The van der Waals surface area contributed by atoms with E-state index in [9.17, 15) is 18.0 Å². The van der Waals surface area contributed by atoms with Crippen molar-refractivity contribution in [1.82, 2.24) is 4.90 Å². The lowest BCUT2D eigenvalue weighted by molar-refractivity contribution is -0.137. The number of likely N-dealkylation sites (tertiary alicyclic amines) is 1. The number of ether oxygens (including phenoxy) is 1. The SMILES string of the molecule is O=C1C[C@@H]2CCN(CC3CC3)C[C@@H]2CCOc2ccc(C(F)(F)F)cc2N1. The highest BCUT2D eigenvalue weighted by Crippen LogP contribution is 2.38. The first-order chi connectivity index (χ1) is 12.9. The van der Waals surface area contributed by atoms with Gasteiger partial charge < -0.3 is 15.0 Å². The average molecular weight is 382 g/mol. The van der Waals surface area contributed by atoms with Crippen molar-refractivity contribution >= 4 is 11.6 Å². The Hall–Kier alpha value is -1.76. The molecule has 1 saturated heterocycles. The van der Waals surface area contributed by atoms with Crippen LogP contribution >= 0.6 is 0 Å². The third-order valence-electron chi connectivity index (χ3n) is 5.96. The number of carbonyl (C=O) groups is 1. The van der Waals surface area contributed by atoms with Gasteiger partial charge in [0, 0.05) is 19.5 Å². The van der Waals surface area contributed by atoms with Gasteiger partial charge in [0.2, 0.25) is 5.91 Å². The van der Waals surface area contributed by atoms with E-state index in [4.69, 9.17) is 4.74 Å². The molecule has 1 aromatic rings. The Kier molecular flexibility index (Phi) is 5.05. The summed E-state index contributed by atoms with van der Waals surface area (Å²) in [6.07, 6.45) is 0.339. The molecular formula is C20H25F3N2O2. The number of alkyl halides is 3. The molecule has 1 N–H and O–H groups in total. The number of anilines is 1. The summed E-state index contributed by atoms with van der Waals surface area (Å²) < 4.78 is 44.7. The maximum Gasteiger partial charge on any atom is 0.416 e. The molecule has 1 amide bonds. The first-order valence-corrected chi connectivity index (χ1v) is 9.75. The van der Waals surface area contributed by atoms with E-state index in [0.29, 0.717) is 24.7 Å². The van der Waals surface area contributed by atoms with Gasteiger partial charge in [-0.2, -0.15) is 13.2 Å². The van der Waals surface area contributed by atoms with Gasteiger partial charge in [0.25, 0.3) is 0 Å². The molecule has 2 aliphatic heterocycles. The lowest BCUT2D eigenvalue weighted by Gasteiger charge is -2.39. The molecule has 2 heterocycles. The van der Waals surface area contributed by atoms with E-state index in [0.717, 1.165) is 50.5 Å². The van der Waals surface area contributed by atoms with Crippen molar-refractivity contribution in [2.75, 3.05) is 31.6 Å². The molecule has 1 aliphatic carbocycles. The van der Waals surface area contributed by atoms with Crippen LogP contribution in [0.15, 0.2) is 18.2 Å². The number of benzene rings is 1. The van der Waals surface area contributed by atoms with Gasteiger partial charge in [-0.3, -0.25) is 4.79 Å². The molecule has 0 aromatic heterocycles.